The van der Waals surface area contributed by atoms with Crippen molar-refractivity contribution in [2.24, 2.45) is 0 Å². The van der Waals surface area contributed by atoms with Crippen LogP contribution in [0.4, 0.5) is 0 Å². The van der Waals surface area contributed by atoms with Gasteiger partial charge in [0.25, 0.3) is 0 Å². The van der Waals surface area contributed by atoms with Gasteiger partial charge in [0.15, 0.2) is 0 Å². The Kier molecular flexibility index (Phi) is 4.90. The SMILES string of the molecule is CCCn1ncc(CN(C)Cc2ccnc(C)c2)c1C. The van der Waals surface area contributed by atoms with E-state index < -0.39 is 0 Å². The second-order valence-corrected chi connectivity index (χ2v) is 5.46. The fourth-order valence-electron chi connectivity index (χ4n) is 2.44. The maximum atomic E-state index is 4.46. The predicted molar refractivity (Wildman–Crippen MR) is 81.4 cm³/mol. The zero-order valence-corrected chi connectivity index (χ0v) is 12.9. The van der Waals surface area contributed by atoms with Crippen molar-refractivity contribution in [2.45, 2.75) is 46.8 Å². The molecule has 20 heavy (non-hydrogen) atoms. The second kappa shape index (κ2) is 6.66. The average Bonchev–Trinajstić information content (AvgIpc) is 2.72. The lowest BCUT2D eigenvalue weighted by molar-refractivity contribution is 0.318. The molecule has 108 valence electrons. The van der Waals surface area contributed by atoms with Crippen LogP contribution in [0.25, 0.3) is 0 Å². The van der Waals surface area contributed by atoms with Gasteiger partial charge >= 0.3 is 0 Å². The Morgan fingerprint density at radius 1 is 1.25 bits per heavy atom. The predicted octanol–water partition coefficient (Wildman–Crippen LogP) is 2.94. The standard InChI is InChI=1S/C16H24N4/c1-5-8-20-14(3)16(10-18-20)12-19(4)11-15-6-7-17-13(2)9-15/h6-7,9-10H,5,8,11-12H2,1-4H3. The highest BCUT2D eigenvalue weighted by molar-refractivity contribution is 5.18. The van der Waals surface area contributed by atoms with Crippen molar-refractivity contribution in [1.82, 2.24) is 19.7 Å². The molecule has 2 rings (SSSR count). The van der Waals surface area contributed by atoms with E-state index in [1.807, 2.05) is 19.3 Å². The van der Waals surface area contributed by atoms with E-state index in [2.05, 4.69) is 52.7 Å². The molecular weight excluding hydrogens is 248 g/mol. The molecule has 0 amide bonds. The van der Waals surface area contributed by atoms with Crippen LogP contribution in [0, 0.1) is 13.8 Å². The Morgan fingerprint density at radius 2 is 2.05 bits per heavy atom. The summed E-state index contributed by atoms with van der Waals surface area (Å²) >= 11 is 0. The monoisotopic (exact) mass is 272 g/mol. The Morgan fingerprint density at radius 3 is 2.75 bits per heavy atom. The van der Waals surface area contributed by atoms with E-state index in [0.717, 1.165) is 31.7 Å². The summed E-state index contributed by atoms with van der Waals surface area (Å²) in [5.74, 6) is 0. The first-order valence-corrected chi connectivity index (χ1v) is 7.21. The Bertz CT molecular complexity index is 559. The van der Waals surface area contributed by atoms with E-state index in [0.29, 0.717) is 0 Å². The van der Waals surface area contributed by atoms with E-state index >= 15 is 0 Å². The van der Waals surface area contributed by atoms with Gasteiger partial charge in [0, 0.05) is 42.8 Å². The number of nitrogens with zero attached hydrogens (tertiary/aromatic N) is 4. The van der Waals surface area contributed by atoms with E-state index in [-0.39, 0.29) is 0 Å². The molecule has 0 aliphatic rings. The lowest BCUT2D eigenvalue weighted by Crippen LogP contribution is -2.17. The average molecular weight is 272 g/mol. The van der Waals surface area contributed by atoms with Crippen molar-refractivity contribution in [3.05, 3.63) is 47.0 Å². The molecule has 0 unspecified atom stereocenters. The van der Waals surface area contributed by atoms with Crippen LogP contribution >= 0.6 is 0 Å². The summed E-state index contributed by atoms with van der Waals surface area (Å²) in [4.78, 5) is 6.55. The van der Waals surface area contributed by atoms with Crippen molar-refractivity contribution in [2.75, 3.05) is 7.05 Å². The molecule has 4 nitrogen and oxygen atoms in total. The number of rotatable bonds is 6. The molecule has 2 aromatic rings. The van der Waals surface area contributed by atoms with Crippen molar-refractivity contribution < 1.29 is 0 Å². The van der Waals surface area contributed by atoms with Gasteiger partial charge in [0.1, 0.15) is 0 Å². The summed E-state index contributed by atoms with van der Waals surface area (Å²) in [6.07, 6.45) is 5.00. The zero-order chi connectivity index (χ0) is 14.5. The minimum atomic E-state index is 0.927. The topological polar surface area (TPSA) is 34.0 Å². The molecule has 0 saturated heterocycles. The molecule has 0 bridgehead atoms. The molecule has 0 aliphatic heterocycles. The molecule has 2 heterocycles. The number of hydrogen-bond acceptors (Lipinski definition) is 3. The van der Waals surface area contributed by atoms with E-state index in [1.165, 1.54) is 16.8 Å². The first-order chi connectivity index (χ1) is 9.60. The molecule has 2 aromatic heterocycles. The number of hydrogen-bond donors (Lipinski definition) is 0. The van der Waals surface area contributed by atoms with Gasteiger partial charge in [-0.2, -0.15) is 5.10 Å². The molecule has 0 aliphatic carbocycles. The lowest BCUT2D eigenvalue weighted by atomic mass is 10.2. The fraction of sp³-hybridized carbons (Fsp3) is 0.500. The first kappa shape index (κ1) is 14.7. The summed E-state index contributed by atoms with van der Waals surface area (Å²) < 4.78 is 2.10. The van der Waals surface area contributed by atoms with Crippen LogP contribution in [-0.4, -0.2) is 26.7 Å². The van der Waals surface area contributed by atoms with Gasteiger partial charge in [-0.15, -0.1) is 0 Å². The van der Waals surface area contributed by atoms with E-state index in [9.17, 15) is 0 Å². The summed E-state index contributed by atoms with van der Waals surface area (Å²) in [7, 11) is 2.15. The normalized spacial score (nSPS) is 11.2. The molecule has 0 spiro atoms. The van der Waals surface area contributed by atoms with Gasteiger partial charge in [-0.1, -0.05) is 6.92 Å². The van der Waals surface area contributed by atoms with E-state index in [4.69, 9.17) is 0 Å². The van der Waals surface area contributed by atoms with Crippen LogP contribution in [0.15, 0.2) is 24.5 Å². The van der Waals surface area contributed by atoms with Crippen LogP contribution in [0.2, 0.25) is 0 Å². The fourth-order valence-corrected chi connectivity index (χ4v) is 2.44. The van der Waals surface area contributed by atoms with E-state index in [1.54, 1.807) is 0 Å². The van der Waals surface area contributed by atoms with Crippen LogP contribution in [0.5, 0.6) is 0 Å². The van der Waals surface area contributed by atoms with Crippen LogP contribution in [0.3, 0.4) is 0 Å². The van der Waals surface area contributed by atoms with Crippen LogP contribution < -0.4 is 0 Å². The third-order valence-electron chi connectivity index (χ3n) is 3.49. The van der Waals surface area contributed by atoms with Crippen molar-refractivity contribution in [3.8, 4) is 0 Å². The number of aromatic nitrogens is 3. The maximum Gasteiger partial charge on any atom is 0.0537 e. The van der Waals surface area contributed by atoms with Gasteiger partial charge in [0.05, 0.1) is 6.20 Å². The van der Waals surface area contributed by atoms with Gasteiger partial charge in [-0.05, 0) is 45.0 Å². The van der Waals surface area contributed by atoms with Crippen molar-refractivity contribution >= 4 is 0 Å². The van der Waals surface area contributed by atoms with Gasteiger partial charge in [-0.25, -0.2) is 0 Å². The molecule has 0 fully saturated rings. The zero-order valence-electron chi connectivity index (χ0n) is 12.9. The molecule has 0 radical (unpaired) electrons. The molecular formula is C16H24N4. The third-order valence-corrected chi connectivity index (χ3v) is 3.49. The Hall–Kier alpha value is -1.68. The van der Waals surface area contributed by atoms with Crippen molar-refractivity contribution in [1.29, 1.82) is 0 Å². The maximum absolute atomic E-state index is 4.46. The number of pyridine rings is 1. The molecule has 0 N–H and O–H groups in total. The van der Waals surface area contributed by atoms with Gasteiger partial charge < -0.3 is 0 Å². The highest BCUT2D eigenvalue weighted by Crippen LogP contribution is 2.12. The summed E-state index contributed by atoms with van der Waals surface area (Å²) in [5.41, 5.74) is 4.97. The number of aryl methyl sites for hydroxylation is 2. The highest BCUT2D eigenvalue weighted by atomic mass is 15.3. The van der Waals surface area contributed by atoms with Gasteiger partial charge in [-0.3, -0.25) is 14.6 Å². The van der Waals surface area contributed by atoms with Gasteiger partial charge in [0.2, 0.25) is 0 Å². The van der Waals surface area contributed by atoms with Crippen molar-refractivity contribution in [3.63, 3.8) is 0 Å². The minimum Gasteiger partial charge on any atom is -0.298 e. The molecule has 0 aromatic carbocycles. The largest absolute Gasteiger partial charge is 0.298 e. The van der Waals surface area contributed by atoms with Crippen LogP contribution in [-0.2, 0) is 19.6 Å². The Balaban J connectivity index is 1.99. The summed E-state index contributed by atoms with van der Waals surface area (Å²) in [5, 5.41) is 4.46. The molecule has 4 heteroatoms. The quantitative estimate of drug-likeness (QED) is 0.811. The summed E-state index contributed by atoms with van der Waals surface area (Å²) in [6, 6.07) is 4.22. The summed E-state index contributed by atoms with van der Waals surface area (Å²) in [6.45, 7) is 9.22. The smallest absolute Gasteiger partial charge is 0.0537 e. The Labute approximate surface area is 121 Å². The molecule has 0 atom stereocenters. The second-order valence-electron chi connectivity index (χ2n) is 5.46. The first-order valence-electron chi connectivity index (χ1n) is 7.21. The highest BCUT2D eigenvalue weighted by Gasteiger charge is 2.09. The third kappa shape index (κ3) is 3.67. The molecule has 0 saturated carbocycles. The minimum absolute atomic E-state index is 0.927. The lowest BCUT2D eigenvalue weighted by Gasteiger charge is -2.16. The van der Waals surface area contributed by atoms with Crippen LogP contribution in [0.1, 0.15) is 35.9 Å².